The Morgan fingerprint density at radius 2 is 1.48 bits per heavy atom. The smallest absolute Gasteiger partial charge is 0.258 e. The third kappa shape index (κ3) is 4.15. The van der Waals surface area contributed by atoms with Crippen molar-refractivity contribution in [1.82, 2.24) is 5.32 Å². The van der Waals surface area contributed by atoms with E-state index < -0.39 is 17.8 Å². The Morgan fingerprint density at radius 3 is 2.13 bits per heavy atom. The van der Waals surface area contributed by atoms with Crippen molar-refractivity contribution in [2.75, 3.05) is 13.2 Å². The number of hydrogen-bond acceptors (Lipinski definition) is 2. The molecule has 4 heteroatoms. The highest BCUT2D eigenvalue weighted by molar-refractivity contribution is 5.15. The molecule has 23 heavy (non-hydrogen) atoms. The molecule has 2 atom stereocenters. The van der Waals surface area contributed by atoms with Crippen molar-refractivity contribution in [1.29, 1.82) is 0 Å². The van der Waals surface area contributed by atoms with Gasteiger partial charge in [0.05, 0.1) is 19.1 Å². The van der Waals surface area contributed by atoms with Gasteiger partial charge in [-0.2, -0.15) is 0 Å². The third-order valence-electron chi connectivity index (χ3n) is 4.31. The fourth-order valence-electron chi connectivity index (χ4n) is 2.81. The molecule has 122 valence electrons. The number of benzene rings is 2. The minimum absolute atomic E-state index is 0.111. The third-order valence-corrected chi connectivity index (χ3v) is 4.31. The standard InChI is InChI=1S/C19H21F2NO/c20-19(21)17(12-22-11-15-7-3-1-4-8-15)18(19)14-23-13-16-9-5-2-6-10-16/h1-10,17-18,22H,11-14H2/t17-,18+/m0/s1. The van der Waals surface area contributed by atoms with Crippen molar-refractivity contribution in [3.05, 3.63) is 71.8 Å². The Morgan fingerprint density at radius 1 is 0.870 bits per heavy atom. The molecular formula is C19H21F2NO. The van der Waals surface area contributed by atoms with Crippen LogP contribution in [0, 0.1) is 11.8 Å². The average Bonchev–Trinajstić information content (AvgIpc) is 3.09. The first-order valence-electron chi connectivity index (χ1n) is 7.92. The lowest BCUT2D eigenvalue weighted by molar-refractivity contribution is 0.0460. The molecule has 1 fully saturated rings. The number of ether oxygens (including phenoxy) is 1. The molecule has 1 saturated carbocycles. The largest absolute Gasteiger partial charge is 0.376 e. The summed E-state index contributed by atoms with van der Waals surface area (Å²) < 4.78 is 33.1. The van der Waals surface area contributed by atoms with E-state index in [1.807, 2.05) is 60.7 Å². The van der Waals surface area contributed by atoms with Gasteiger partial charge < -0.3 is 10.1 Å². The van der Waals surface area contributed by atoms with Crippen molar-refractivity contribution >= 4 is 0 Å². The number of alkyl halides is 2. The van der Waals surface area contributed by atoms with Crippen LogP contribution in [0.1, 0.15) is 11.1 Å². The molecule has 1 aliphatic rings. The second kappa shape index (κ2) is 7.20. The molecule has 1 N–H and O–H groups in total. The van der Waals surface area contributed by atoms with Crippen LogP contribution in [0.2, 0.25) is 0 Å². The van der Waals surface area contributed by atoms with Gasteiger partial charge in [-0.1, -0.05) is 60.7 Å². The van der Waals surface area contributed by atoms with Gasteiger partial charge in [0, 0.05) is 19.0 Å². The van der Waals surface area contributed by atoms with E-state index in [0.717, 1.165) is 11.1 Å². The number of rotatable bonds is 8. The lowest BCUT2D eigenvalue weighted by Crippen LogP contribution is -2.18. The second-order valence-electron chi connectivity index (χ2n) is 6.00. The SMILES string of the molecule is FC1(F)[C@H](COCc2ccccc2)[C@@H]1CNCc1ccccc1. The molecule has 0 aliphatic heterocycles. The molecule has 0 aromatic heterocycles. The molecule has 2 nitrogen and oxygen atoms in total. The van der Waals surface area contributed by atoms with Crippen molar-refractivity contribution in [2.24, 2.45) is 11.8 Å². The number of halogens is 2. The quantitative estimate of drug-likeness (QED) is 0.798. The molecule has 0 bridgehead atoms. The highest BCUT2D eigenvalue weighted by Crippen LogP contribution is 2.54. The summed E-state index contributed by atoms with van der Waals surface area (Å²) >= 11 is 0. The van der Waals surface area contributed by atoms with Crippen LogP contribution in [-0.2, 0) is 17.9 Å². The van der Waals surface area contributed by atoms with Crippen LogP contribution in [0.4, 0.5) is 8.78 Å². The zero-order valence-electron chi connectivity index (χ0n) is 12.9. The molecule has 0 saturated heterocycles. The molecular weight excluding hydrogens is 296 g/mol. The molecule has 3 rings (SSSR count). The van der Waals surface area contributed by atoms with Crippen LogP contribution >= 0.6 is 0 Å². The summed E-state index contributed by atoms with van der Waals surface area (Å²) in [6, 6.07) is 19.4. The Hall–Kier alpha value is -1.78. The minimum Gasteiger partial charge on any atom is -0.376 e. The second-order valence-corrected chi connectivity index (χ2v) is 6.00. The summed E-state index contributed by atoms with van der Waals surface area (Å²) in [6.45, 7) is 1.43. The Kier molecular flexibility index (Phi) is 5.03. The maximum atomic E-state index is 13.8. The molecule has 0 amide bonds. The molecule has 0 heterocycles. The first kappa shape index (κ1) is 16.1. The molecule has 0 unspecified atom stereocenters. The van der Waals surface area contributed by atoms with Gasteiger partial charge in [-0.3, -0.25) is 0 Å². The number of hydrogen-bond donors (Lipinski definition) is 1. The van der Waals surface area contributed by atoms with Gasteiger partial charge in [-0.05, 0) is 11.1 Å². The average molecular weight is 317 g/mol. The van der Waals surface area contributed by atoms with Crippen LogP contribution < -0.4 is 5.32 Å². The first-order chi connectivity index (χ1) is 11.2. The highest BCUT2D eigenvalue weighted by atomic mass is 19.3. The highest BCUT2D eigenvalue weighted by Gasteiger charge is 2.67. The fraction of sp³-hybridized carbons (Fsp3) is 0.368. The van der Waals surface area contributed by atoms with Gasteiger partial charge in [0.25, 0.3) is 5.92 Å². The zero-order chi connectivity index (χ0) is 16.1. The van der Waals surface area contributed by atoms with E-state index in [4.69, 9.17) is 4.74 Å². The minimum atomic E-state index is -2.61. The molecule has 0 radical (unpaired) electrons. The Labute approximate surface area is 135 Å². The van der Waals surface area contributed by atoms with E-state index in [9.17, 15) is 8.78 Å². The normalized spacial score (nSPS) is 22.0. The summed E-state index contributed by atoms with van der Waals surface area (Å²) in [6.07, 6.45) is 0. The van der Waals surface area contributed by atoms with Crippen molar-refractivity contribution < 1.29 is 13.5 Å². The van der Waals surface area contributed by atoms with Gasteiger partial charge in [0.2, 0.25) is 0 Å². The molecule has 1 aliphatic carbocycles. The van der Waals surface area contributed by atoms with E-state index in [1.165, 1.54) is 0 Å². The summed E-state index contributed by atoms with van der Waals surface area (Å²) in [7, 11) is 0. The monoisotopic (exact) mass is 317 g/mol. The van der Waals surface area contributed by atoms with Crippen LogP contribution in [0.5, 0.6) is 0 Å². The number of nitrogens with one attached hydrogen (secondary N) is 1. The first-order valence-corrected chi connectivity index (χ1v) is 7.92. The molecule has 0 spiro atoms. The summed E-state index contributed by atoms with van der Waals surface area (Å²) in [5.74, 6) is -3.91. The van der Waals surface area contributed by atoms with E-state index in [1.54, 1.807) is 0 Å². The predicted molar refractivity (Wildman–Crippen MR) is 86.2 cm³/mol. The van der Waals surface area contributed by atoms with Gasteiger partial charge in [-0.15, -0.1) is 0 Å². The van der Waals surface area contributed by atoms with E-state index in [2.05, 4.69) is 5.32 Å². The topological polar surface area (TPSA) is 21.3 Å². The zero-order valence-corrected chi connectivity index (χ0v) is 12.9. The van der Waals surface area contributed by atoms with E-state index in [0.29, 0.717) is 19.7 Å². The van der Waals surface area contributed by atoms with Crippen molar-refractivity contribution in [2.45, 2.75) is 19.1 Å². The Balaban J connectivity index is 1.39. The van der Waals surface area contributed by atoms with Crippen LogP contribution in [0.15, 0.2) is 60.7 Å². The summed E-state index contributed by atoms with van der Waals surface area (Å²) in [5, 5.41) is 3.12. The predicted octanol–water partition coefficient (Wildman–Crippen LogP) is 3.87. The maximum Gasteiger partial charge on any atom is 0.258 e. The van der Waals surface area contributed by atoms with Gasteiger partial charge in [0.1, 0.15) is 0 Å². The molecule has 2 aromatic carbocycles. The van der Waals surface area contributed by atoms with Gasteiger partial charge in [0.15, 0.2) is 0 Å². The van der Waals surface area contributed by atoms with Crippen LogP contribution in [0.3, 0.4) is 0 Å². The van der Waals surface area contributed by atoms with Crippen molar-refractivity contribution in [3.63, 3.8) is 0 Å². The molecule has 2 aromatic rings. The summed E-state index contributed by atoms with van der Waals surface area (Å²) in [5.41, 5.74) is 2.11. The summed E-state index contributed by atoms with van der Waals surface area (Å²) in [4.78, 5) is 0. The van der Waals surface area contributed by atoms with E-state index >= 15 is 0 Å². The van der Waals surface area contributed by atoms with Crippen LogP contribution in [0.25, 0.3) is 0 Å². The van der Waals surface area contributed by atoms with Gasteiger partial charge >= 0.3 is 0 Å². The lowest BCUT2D eigenvalue weighted by Gasteiger charge is -2.04. The van der Waals surface area contributed by atoms with Crippen molar-refractivity contribution in [3.8, 4) is 0 Å². The maximum absolute atomic E-state index is 13.8. The van der Waals surface area contributed by atoms with Crippen LogP contribution in [-0.4, -0.2) is 19.1 Å². The lowest BCUT2D eigenvalue weighted by atomic mass is 10.2. The fourth-order valence-corrected chi connectivity index (χ4v) is 2.81. The Bertz CT molecular complexity index is 550. The van der Waals surface area contributed by atoms with E-state index in [-0.39, 0.29) is 6.61 Å². The van der Waals surface area contributed by atoms with Gasteiger partial charge in [-0.25, -0.2) is 8.78 Å².